The number of nitrogens with zero attached hydrogens (tertiary/aromatic N) is 2. The summed E-state index contributed by atoms with van der Waals surface area (Å²) in [6, 6.07) is 14.8. The van der Waals surface area contributed by atoms with Crippen molar-refractivity contribution in [2.75, 3.05) is 51.9 Å². The first kappa shape index (κ1) is 32.0. The summed E-state index contributed by atoms with van der Waals surface area (Å²) in [5, 5.41) is 16.3. The van der Waals surface area contributed by atoms with Crippen molar-refractivity contribution in [3.05, 3.63) is 84.1 Å². The molecule has 0 aliphatic carbocycles. The molecule has 1 aromatic heterocycles. The van der Waals surface area contributed by atoms with Crippen LogP contribution in [-0.2, 0) is 16.0 Å². The van der Waals surface area contributed by atoms with E-state index in [0.717, 1.165) is 13.1 Å². The standard InChI is InChI=1S/C32H32F2N4O6S/c1-41-29-16-24-26(17-30(29)43-19-23(39)18-38-9-11-42-12-10-38)35-8-7-27(24)44-28-6-5-22(15-25(28)34)36-32(45)37-31(40)14-20-3-2-4-21(33)13-20/h2-8,13,15-17,23,39H,9-12,14,18-19H2,1H3,(H2,36,37,40,45). The first-order valence-corrected chi connectivity index (χ1v) is 14.6. The minimum Gasteiger partial charge on any atom is -0.493 e. The maximum absolute atomic E-state index is 15.1. The number of rotatable bonds is 11. The van der Waals surface area contributed by atoms with Crippen molar-refractivity contribution in [2.45, 2.75) is 12.5 Å². The molecule has 0 radical (unpaired) electrons. The summed E-state index contributed by atoms with van der Waals surface area (Å²) in [4.78, 5) is 18.8. The van der Waals surface area contributed by atoms with Crippen molar-refractivity contribution < 1.29 is 37.6 Å². The van der Waals surface area contributed by atoms with Gasteiger partial charge in [-0.15, -0.1) is 0 Å². The number of pyridine rings is 1. The molecule has 2 heterocycles. The van der Waals surface area contributed by atoms with E-state index >= 15 is 4.39 Å². The average Bonchev–Trinajstić information content (AvgIpc) is 3.01. The Morgan fingerprint density at radius 1 is 1.07 bits per heavy atom. The Bertz CT molecular complexity index is 1670. The molecule has 1 unspecified atom stereocenters. The quantitative estimate of drug-likeness (QED) is 0.204. The number of anilines is 1. The number of carbonyl (C=O) groups is 1. The van der Waals surface area contributed by atoms with Gasteiger partial charge in [-0.2, -0.15) is 0 Å². The Labute approximate surface area is 263 Å². The zero-order chi connectivity index (χ0) is 31.8. The van der Waals surface area contributed by atoms with E-state index in [2.05, 4.69) is 20.5 Å². The first-order valence-electron chi connectivity index (χ1n) is 14.2. The third-order valence-electron chi connectivity index (χ3n) is 6.91. The summed E-state index contributed by atoms with van der Waals surface area (Å²) in [5.41, 5.74) is 1.30. The van der Waals surface area contributed by atoms with Gasteiger partial charge in [0, 0.05) is 49.0 Å². The minimum absolute atomic E-state index is 0.0386. The smallest absolute Gasteiger partial charge is 0.230 e. The van der Waals surface area contributed by atoms with Gasteiger partial charge in [-0.1, -0.05) is 12.1 Å². The fraction of sp³-hybridized carbons (Fsp3) is 0.281. The zero-order valence-corrected chi connectivity index (χ0v) is 25.2. The van der Waals surface area contributed by atoms with Crippen LogP contribution in [0.1, 0.15) is 5.56 Å². The summed E-state index contributed by atoms with van der Waals surface area (Å²) in [5.74, 6) is -0.501. The molecule has 3 N–H and O–H groups in total. The molecule has 1 fully saturated rings. The molecule has 1 aliphatic rings. The number of carbonyl (C=O) groups excluding carboxylic acids is 1. The Balaban J connectivity index is 1.21. The molecule has 45 heavy (non-hydrogen) atoms. The summed E-state index contributed by atoms with van der Waals surface area (Å²) in [6.45, 7) is 3.32. The lowest BCUT2D eigenvalue weighted by molar-refractivity contribution is -0.119. The Hall–Kier alpha value is -4.43. The zero-order valence-electron chi connectivity index (χ0n) is 24.4. The van der Waals surface area contributed by atoms with E-state index in [0.29, 0.717) is 53.5 Å². The van der Waals surface area contributed by atoms with Crippen LogP contribution in [0.5, 0.6) is 23.0 Å². The van der Waals surface area contributed by atoms with Crippen LogP contribution in [0.25, 0.3) is 10.9 Å². The number of nitrogens with one attached hydrogen (secondary N) is 2. The number of fused-ring (bicyclic) bond motifs is 1. The van der Waals surface area contributed by atoms with Crippen LogP contribution in [0.4, 0.5) is 14.5 Å². The van der Waals surface area contributed by atoms with Crippen molar-refractivity contribution in [1.29, 1.82) is 0 Å². The molecular weight excluding hydrogens is 606 g/mol. The number of aliphatic hydroxyl groups excluding tert-OH is 1. The Kier molecular flexibility index (Phi) is 10.7. The maximum Gasteiger partial charge on any atom is 0.230 e. The molecule has 4 aromatic rings. The van der Waals surface area contributed by atoms with Crippen molar-refractivity contribution in [3.63, 3.8) is 0 Å². The molecular formula is C32H32F2N4O6S. The van der Waals surface area contributed by atoms with Crippen molar-refractivity contribution in [3.8, 4) is 23.0 Å². The number of ether oxygens (including phenoxy) is 4. The molecule has 5 rings (SSSR count). The highest BCUT2D eigenvalue weighted by Crippen LogP contribution is 2.38. The van der Waals surface area contributed by atoms with Gasteiger partial charge in [-0.25, -0.2) is 8.78 Å². The topological polar surface area (TPSA) is 114 Å². The predicted molar refractivity (Wildman–Crippen MR) is 168 cm³/mol. The van der Waals surface area contributed by atoms with Crippen LogP contribution in [0.3, 0.4) is 0 Å². The second-order valence-corrected chi connectivity index (χ2v) is 10.7. The molecule has 0 saturated carbocycles. The molecule has 0 spiro atoms. The number of methoxy groups -OCH3 is 1. The third-order valence-corrected chi connectivity index (χ3v) is 7.11. The lowest BCUT2D eigenvalue weighted by Gasteiger charge is -2.28. The van der Waals surface area contributed by atoms with E-state index in [-0.39, 0.29) is 29.6 Å². The van der Waals surface area contributed by atoms with Crippen LogP contribution in [0.15, 0.2) is 66.9 Å². The second-order valence-electron chi connectivity index (χ2n) is 10.3. The molecule has 1 saturated heterocycles. The van der Waals surface area contributed by atoms with Gasteiger partial charge >= 0.3 is 0 Å². The van der Waals surface area contributed by atoms with Gasteiger partial charge in [0.25, 0.3) is 0 Å². The first-order chi connectivity index (χ1) is 21.8. The summed E-state index contributed by atoms with van der Waals surface area (Å²) < 4.78 is 51.2. The van der Waals surface area contributed by atoms with Crippen LogP contribution in [0.2, 0.25) is 0 Å². The predicted octanol–water partition coefficient (Wildman–Crippen LogP) is 4.44. The average molecular weight is 639 g/mol. The van der Waals surface area contributed by atoms with Gasteiger partial charge in [0.05, 0.1) is 32.3 Å². The fourth-order valence-electron chi connectivity index (χ4n) is 4.76. The summed E-state index contributed by atoms with van der Waals surface area (Å²) in [7, 11) is 1.49. The number of morpholine rings is 1. The Morgan fingerprint density at radius 3 is 2.64 bits per heavy atom. The molecule has 1 atom stereocenters. The van der Waals surface area contributed by atoms with E-state index in [1.54, 1.807) is 30.3 Å². The van der Waals surface area contributed by atoms with Crippen LogP contribution < -0.4 is 24.8 Å². The number of amides is 1. The lowest BCUT2D eigenvalue weighted by Crippen LogP contribution is -2.42. The molecule has 236 valence electrons. The minimum atomic E-state index is -0.711. The number of aromatic nitrogens is 1. The number of hydrogen-bond acceptors (Lipinski definition) is 9. The normalized spacial score (nSPS) is 14.0. The highest BCUT2D eigenvalue weighted by atomic mass is 32.1. The van der Waals surface area contributed by atoms with E-state index in [1.165, 1.54) is 43.6 Å². The molecule has 13 heteroatoms. The number of hydrogen-bond donors (Lipinski definition) is 3. The molecule has 1 amide bonds. The summed E-state index contributed by atoms with van der Waals surface area (Å²) >= 11 is 5.17. The van der Waals surface area contributed by atoms with Gasteiger partial charge in [-0.3, -0.25) is 14.7 Å². The highest BCUT2D eigenvalue weighted by Gasteiger charge is 2.18. The summed E-state index contributed by atoms with van der Waals surface area (Å²) in [6.07, 6.45) is 0.744. The number of halogens is 2. The molecule has 0 bridgehead atoms. The van der Waals surface area contributed by atoms with Gasteiger partial charge in [0.15, 0.2) is 28.2 Å². The van der Waals surface area contributed by atoms with Crippen LogP contribution in [0, 0.1) is 11.6 Å². The van der Waals surface area contributed by atoms with Crippen LogP contribution >= 0.6 is 12.2 Å². The number of β-amino-alcohol motifs (C(OH)–C–C–N with tert-alkyl or cyclic N) is 1. The highest BCUT2D eigenvalue weighted by molar-refractivity contribution is 7.80. The largest absolute Gasteiger partial charge is 0.493 e. The number of aliphatic hydroxyl groups is 1. The van der Waals surface area contributed by atoms with E-state index in [4.69, 9.17) is 31.2 Å². The van der Waals surface area contributed by atoms with Gasteiger partial charge in [-0.05, 0) is 54.2 Å². The fourth-order valence-corrected chi connectivity index (χ4v) is 4.99. The van der Waals surface area contributed by atoms with Gasteiger partial charge in [0.2, 0.25) is 5.91 Å². The van der Waals surface area contributed by atoms with Crippen molar-refractivity contribution in [1.82, 2.24) is 15.2 Å². The molecule has 10 nitrogen and oxygen atoms in total. The SMILES string of the molecule is COc1cc2c(Oc3ccc(NC(=S)NC(=O)Cc4cccc(F)c4)cc3F)ccnc2cc1OCC(O)CN1CCOCC1. The third kappa shape index (κ3) is 8.82. The number of benzene rings is 3. The lowest BCUT2D eigenvalue weighted by atomic mass is 10.1. The molecule has 3 aromatic carbocycles. The van der Waals surface area contributed by atoms with E-state index in [1.807, 2.05) is 0 Å². The van der Waals surface area contributed by atoms with E-state index < -0.39 is 23.6 Å². The Morgan fingerprint density at radius 2 is 1.89 bits per heavy atom. The van der Waals surface area contributed by atoms with Crippen molar-refractivity contribution in [2.24, 2.45) is 0 Å². The van der Waals surface area contributed by atoms with Gasteiger partial charge in [0.1, 0.15) is 24.3 Å². The van der Waals surface area contributed by atoms with Gasteiger partial charge < -0.3 is 34.7 Å². The molecule has 1 aliphatic heterocycles. The van der Waals surface area contributed by atoms with Crippen molar-refractivity contribution >= 4 is 39.8 Å². The van der Waals surface area contributed by atoms with Crippen LogP contribution in [-0.4, -0.2) is 78.7 Å². The monoisotopic (exact) mass is 638 g/mol. The van der Waals surface area contributed by atoms with E-state index in [9.17, 15) is 14.3 Å². The number of thiocarbonyl (C=S) groups is 1. The second kappa shape index (κ2) is 15.0. The maximum atomic E-state index is 15.1.